The molecule has 0 radical (unpaired) electrons. The van der Waals surface area contributed by atoms with E-state index in [1.807, 2.05) is 35.0 Å². The number of hydrogen-bond donors (Lipinski definition) is 1. The molecule has 1 aliphatic rings. The lowest BCUT2D eigenvalue weighted by Crippen LogP contribution is -2.51. The van der Waals surface area contributed by atoms with Crippen LogP contribution in [-0.2, 0) is 16.0 Å². The van der Waals surface area contributed by atoms with E-state index in [2.05, 4.69) is 5.32 Å². The van der Waals surface area contributed by atoms with E-state index >= 15 is 0 Å². The van der Waals surface area contributed by atoms with Gasteiger partial charge in [-0.1, -0.05) is 29.8 Å². The number of hydrogen-bond acceptors (Lipinski definition) is 3. The number of nitrogens with zero attached hydrogens (tertiary/aromatic N) is 2. The fourth-order valence-electron chi connectivity index (χ4n) is 2.51. The van der Waals surface area contributed by atoms with Crippen molar-refractivity contribution >= 4 is 35.8 Å². The Balaban J connectivity index is 0.00000264. The standard InChI is InChI=1S/C16H22ClN3O2.ClH/c1-18-7-6-15(21)19-8-10-20(11-9-19)16(22)12-13-4-2-3-5-14(13)17;/h2-5,18H,6-12H2,1H3;1H. The number of carbonyl (C=O) groups is 2. The molecule has 1 fully saturated rings. The second-order valence-electron chi connectivity index (χ2n) is 5.38. The number of piperazine rings is 1. The maximum absolute atomic E-state index is 12.3. The third-order valence-electron chi connectivity index (χ3n) is 3.87. The Labute approximate surface area is 148 Å². The maximum atomic E-state index is 12.3. The smallest absolute Gasteiger partial charge is 0.227 e. The molecule has 1 heterocycles. The summed E-state index contributed by atoms with van der Waals surface area (Å²) >= 11 is 6.09. The van der Waals surface area contributed by atoms with Crippen LogP contribution in [0.1, 0.15) is 12.0 Å². The highest BCUT2D eigenvalue weighted by molar-refractivity contribution is 6.31. The number of rotatable bonds is 5. The molecule has 2 amide bonds. The van der Waals surface area contributed by atoms with Crippen molar-refractivity contribution < 1.29 is 9.59 Å². The molecule has 2 rings (SSSR count). The molecular weight excluding hydrogens is 337 g/mol. The largest absolute Gasteiger partial charge is 0.339 e. The van der Waals surface area contributed by atoms with Crippen molar-refractivity contribution in [1.82, 2.24) is 15.1 Å². The van der Waals surface area contributed by atoms with Crippen molar-refractivity contribution in [3.05, 3.63) is 34.9 Å². The van der Waals surface area contributed by atoms with Gasteiger partial charge in [0.15, 0.2) is 0 Å². The summed E-state index contributed by atoms with van der Waals surface area (Å²) in [6, 6.07) is 7.40. The van der Waals surface area contributed by atoms with Gasteiger partial charge in [-0.15, -0.1) is 12.4 Å². The molecular formula is C16H23Cl2N3O2. The third-order valence-corrected chi connectivity index (χ3v) is 4.24. The van der Waals surface area contributed by atoms with E-state index in [4.69, 9.17) is 11.6 Å². The van der Waals surface area contributed by atoms with Gasteiger partial charge in [-0.3, -0.25) is 9.59 Å². The van der Waals surface area contributed by atoms with E-state index in [-0.39, 0.29) is 24.2 Å². The zero-order valence-corrected chi connectivity index (χ0v) is 14.8. The van der Waals surface area contributed by atoms with Gasteiger partial charge < -0.3 is 15.1 Å². The van der Waals surface area contributed by atoms with Crippen LogP contribution in [0.2, 0.25) is 5.02 Å². The van der Waals surface area contributed by atoms with Crippen LogP contribution in [0.3, 0.4) is 0 Å². The molecule has 0 saturated carbocycles. The van der Waals surface area contributed by atoms with Gasteiger partial charge in [0.2, 0.25) is 11.8 Å². The minimum atomic E-state index is 0. The van der Waals surface area contributed by atoms with E-state index in [0.717, 1.165) is 5.56 Å². The summed E-state index contributed by atoms with van der Waals surface area (Å²) in [7, 11) is 1.83. The molecule has 0 bridgehead atoms. The van der Waals surface area contributed by atoms with E-state index in [1.54, 1.807) is 6.07 Å². The molecule has 0 aliphatic carbocycles. The molecule has 1 aromatic rings. The number of benzene rings is 1. The molecule has 0 spiro atoms. The SMILES string of the molecule is CNCCC(=O)N1CCN(C(=O)Cc2ccccc2Cl)CC1.Cl. The van der Waals surface area contributed by atoms with Crippen molar-refractivity contribution in [3.8, 4) is 0 Å². The van der Waals surface area contributed by atoms with Gasteiger partial charge in [0.05, 0.1) is 6.42 Å². The monoisotopic (exact) mass is 359 g/mol. The summed E-state index contributed by atoms with van der Waals surface area (Å²) in [4.78, 5) is 27.9. The average Bonchev–Trinajstić information content (AvgIpc) is 2.55. The van der Waals surface area contributed by atoms with Crippen LogP contribution in [0.4, 0.5) is 0 Å². The predicted octanol–water partition coefficient (Wildman–Crippen LogP) is 1.58. The lowest BCUT2D eigenvalue weighted by molar-refractivity contribution is -0.139. The molecule has 1 saturated heterocycles. The van der Waals surface area contributed by atoms with Crippen LogP contribution in [0, 0.1) is 0 Å². The number of nitrogens with one attached hydrogen (secondary N) is 1. The minimum Gasteiger partial charge on any atom is -0.339 e. The van der Waals surface area contributed by atoms with Gasteiger partial charge >= 0.3 is 0 Å². The highest BCUT2D eigenvalue weighted by Gasteiger charge is 2.24. The Kier molecular flexibility index (Phi) is 8.37. The predicted molar refractivity (Wildman–Crippen MR) is 94.1 cm³/mol. The quantitative estimate of drug-likeness (QED) is 0.868. The normalized spacial score (nSPS) is 14.3. The summed E-state index contributed by atoms with van der Waals surface area (Å²) in [5, 5.41) is 3.59. The van der Waals surface area contributed by atoms with Crippen molar-refractivity contribution in [2.24, 2.45) is 0 Å². The highest BCUT2D eigenvalue weighted by atomic mass is 35.5. The third kappa shape index (κ3) is 5.68. The first kappa shape index (κ1) is 19.7. The first-order valence-electron chi connectivity index (χ1n) is 7.55. The van der Waals surface area contributed by atoms with Gasteiger partial charge in [-0.2, -0.15) is 0 Å². The van der Waals surface area contributed by atoms with Crippen molar-refractivity contribution in [3.63, 3.8) is 0 Å². The molecule has 7 heteroatoms. The lowest BCUT2D eigenvalue weighted by atomic mass is 10.1. The van der Waals surface area contributed by atoms with Crippen LogP contribution in [0.15, 0.2) is 24.3 Å². The maximum Gasteiger partial charge on any atom is 0.227 e. The Morgan fingerprint density at radius 1 is 1.09 bits per heavy atom. The van der Waals surface area contributed by atoms with Crippen molar-refractivity contribution in [1.29, 1.82) is 0 Å². The topological polar surface area (TPSA) is 52.7 Å². The summed E-state index contributed by atoms with van der Waals surface area (Å²) in [6.45, 7) is 3.08. The Hall–Kier alpha value is -1.30. The number of halogens is 2. The van der Waals surface area contributed by atoms with Gasteiger partial charge in [-0.25, -0.2) is 0 Å². The molecule has 23 heavy (non-hydrogen) atoms. The van der Waals surface area contributed by atoms with E-state index in [9.17, 15) is 9.59 Å². The number of amides is 2. The van der Waals surface area contributed by atoms with E-state index in [0.29, 0.717) is 50.6 Å². The fraction of sp³-hybridized carbons (Fsp3) is 0.500. The van der Waals surface area contributed by atoms with Gasteiger partial charge in [0.25, 0.3) is 0 Å². The van der Waals surface area contributed by atoms with Crippen LogP contribution in [0.5, 0.6) is 0 Å². The zero-order chi connectivity index (χ0) is 15.9. The van der Waals surface area contributed by atoms with Crippen molar-refractivity contribution in [2.45, 2.75) is 12.8 Å². The molecule has 0 aromatic heterocycles. The zero-order valence-electron chi connectivity index (χ0n) is 13.3. The lowest BCUT2D eigenvalue weighted by Gasteiger charge is -2.35. The van der Waals surface area contributed by atoms with Gasteiger partial charge in [0.1, 0.15) is 0 Å². The number of carbonyl (C=O) groups excluding carboxylic acids is 2. The second kappa shape index (κ2) is 9.75. The van der Waals surface area contributed by atoms with Crippen LogP contribution >= 0.6 is 24.0 Å². The molecule has 1 N–H and O–H groups in total. The van der Waals surface area contributed by atoms with Crippen LogP contribution in [0.25, 0.3) is 0 Å². The Morgan fingerprint density at radius 3 is 2.22 bits per heavy atom. The molecule has 5 nitrogen and oxygen atoms in total. The van der Waals surface area contributed by atoms with Crippen molar-refractivity contribution in [2.75, 3.05) is 39.8 Å². The van der Waals surface area contributed by atoms with E-state index < -0.39 is 0 Å². The summed E-state index contributed by atoms with van der Waals surface area (Å²) in [6.07, 6.45) is 0.817. The minimum absolute atomic E-state index is 0. The van der Waals surface area contributed by atoms with Gasteiger partial charge in [0, 0.05) is 44.2 Å². The Morgan fingerprint density at radius 2 is 1.65 bits per heavy atom. The van der Waals surface area contributed by atoms with Crippen LogP contribution in [-0.4, -0.2) is 61.4 Å². The Bertz CT molecular complexity index is 532. The molecule has 1 aliphatic heterocycles. The summed E-state index contributed by atoms with van der Waals surface area (Å²) in [5.74, 6) is 0.211. The van der Waals surface area contributed by atoms with Crippen LogP contribution < -0.4 is 5.32 Å². The molecule has 1 aromatic carbocycles. The second-order valence-corrected chi connectivity index (χ2v) is 5.79. The fourth-order valence-corrected chi connectivity index (χ4v) is 2.71. The average molecular weight is 360 g/mol. The summed E-state index contributed by atoms with van der Waals surface area (Å²) < 4.78 is 0. The molecule has 0 atom stereocenters. The molecule has 128 valence electrons. The molecule has 0 unspecified atom stereocenters. The first-order chi connectivity index (χ1) is 10.6. The first-order valence-corrected chi connectivity index (χ1v) is 7.93. The van der Waals surface area contributed by atoms with Gasteiger partial charge in [-0.05, 0) is 18.7 Å². The summed E-state index contributed by atoms with van der Waals surface area (Å²) in [5.41, 5.74) is 0.849. The van der Waals surface area contributed by atoms with E-state index in [1.165, 1.54) is 0 Å². The highest BCUT2D eigenvalue weighted by Crippen LogP contribution is 2.16.